The number of benzene rings is 1. The van der Waals surface area contributed by atoms with Crippen LogP contribution in [-0.4, -0.2) is 47.1 Å². The molecule has 2 rings (SSSR count). The van der Waals surface area contributed by atoms with Gasteiger partial charge in [-0.2, -0.15) is 0 Å². The van der Waals surface area contributed by atoms with E-state index >= 15 is 0 Å². The maximum Gasteiger partial charge on any atom is 0.573 e. The van der Waals surface area contributed by atoms with Crippen LogP contribution in [0.15, 0.2) is 66.5 Å². The fourth-order valence-corrected chi connectivity index (χ4v) is 3.36. The molecular weight excluding hydrogens is 447 g/mol. The van der Waals surface area contributed by atoms with Crippen LogP contribution >= 0.6 is 0 Å². The predicted molar refractivity (Wildman–Crippen MR) is 125 cm³/mol. The van der Waals surface area contributed by atoms with Crippen LogP contribution in [0.3, 0.4) is 0 Å². The summed E-state index contributed by atoms with van der Waals surface area (Å²) < 4.78 is 46.3. The van der Waals surface area contributed by atoms with Gasteiger partial charge in [0.1, 0.15) is 12.4 Å². The van der Waals surface area contributed by atoms with Crippen molar-refractivity contribution in [2.45, 2.75) is 40.1 Å². The molecule has 0 aliphatic rings. The standard InChI is InChI=1S/C25H28F3N3O3/c1-6-8-14-29-19(5)23-17(3)10-9-11-21(23)24(32)31(7-2)18(4)16-33-22-13-12-20(15-30-22)34-25(26,27)28/h6,8-15,18H,1,7,16H2,2-5H3/b14-8-,29-19+/t18-/m0/s1. The Morgan fingerprint density at radius 3 is 2.62 bits per heavy atom. The highest BCUT2D eigenvalue weighted by molar-refractivity contribution is 6.10. The third-order valence-corrected chi connectivity index (χ3v) is 4.90. The average Bonchev–Trinajstić information content (AvgIpc) is 2.78. The Hall–Kier alpha value is -3.62. The van der Waals surface area contributed by atoms with E-state index in [2.05, 4.69) is 21.3 Å². The van der Waals surface area contributed by atoms with Crippen molar-refractivity contribution in [3.05, 3.63) is 78.1 Å². The third kappa shape index (κ3) is 7.47. The van der Waals surface area contributed by atoms with Crippen LogP contribution in [0.4, 0.5) is 13.2 Å². The summed E-state index contributed by atoms with van der Waals surface area (Å²) in [5, 5.41) is 0. The van der Waals surface area contributed by atoms with E-state index in [4.69, 9.17) is 4.74 Å². The topological polar surface area (TPSA) is 64.0 Å². The van der Waals surface area contributed by atoms with Crippen LogP contribution in [0.1, 0.15) is 42.3 Å². The molecule has 0 spiro atoms. The Labute approximate surface area is 197 Å². The second-order valence-corrected chi connectivity index (χ2v) is 7.42. The van der Waals surface area contributed by atoms with Gasteiger partial charge in [0.15, 0.2) is 0 Å². The lowest BCUT2D eigenvalue weighted by molar-refractivity contribution is -0.274. The van der Waals surface area contributed by atoms with Crippen molar-refractivity contribution in [3.63, 3.8) is 0 Å². The molecule has 0 aliphatic carbocycles. The number of carbonyl (C=O) groups is 1. The number of likely N-dealkylation sites (N-methyl/N-ethyl adjacent to an activating group) is 1. The number of rotatable bonds is 10. The number of hydrogen-bond donors (Lipinski definition) is 0. The highest BCUT2D eigenvalue weighted by atomic mass is 19.4. The summed E-state index contributed by atoms with van der Waals surface area (Å²) in [6, 6.07) is 7.56. The molecule has 0 unspecified atom stereocenters. The molecule has 0 saturated carbocycles. The number of aryl methyl sites for hydroxylation is 1. The van der Waals surface area contributed by atoms with E-state index in [1.54, 1.807) is 29.3 Å². The second-order valence-electron chi connectivity index (χ2n) is 7.42. The number of aliphatic imine (C=N–C) groups is 1. The normalized spacial score (nSPS) is 13.0. The molecule has 182 valence electrons. The van der Waals surface area contributed by atoms with E-state index < -0.39 is 12.1 Å². The van der Waals surface area contributed by atoms with Gasteiger partial charge in [-0.1, -0.05) is 24.8 Å². The highest BCUT2D eigenvalue weighted by Crippen LogP contribution is 2.23. The average molecular weight is 476 g/mol. The maximum absolute atomic E-state index is 13.5. The first-order chi connectivity index (χ1) is 16.1. The quantitative estimate of drug-likeness (QED) is 0.325. The van der Waals surface area contributed by atoms with Crippen molar-refractivity contribution in [2.75, 3.05) is 13.2 Å². The Kier molecular flexibility index (Phi) is 9.41. The van der Waals surface area contributed by atoms with Gasteiger partial charge in [0.25, 0.3) is 5.91 Å². The van der Waals surface area contributed by atoms with Gasteiger partial charge < -0.3 is 14.4 Å². The lowest BCUT2D eigenvalue weighted by atomic mass is 9.97. The first-order valence-corrected chi connectivity index (χ1v) is 10.6. The van der Waals surface area contributed by atoms with Crippen molar-refractivity contribution in [1.29, 1.82) is 0 Å². The number of allylic oxidation sites excluding steroid dienone is 2. The molecule has 1 atom stereocenters. The highest BCUT2D eigenvalue weighted by Gasteiger charge is 2.31. The van der Waals surface area contributed by atoms with Gasteiger partial charge in [-0.25, -0.2) is 4.98 Å². The van der Waals surface area contributed by atoms with E-state index in [0.29, 0.717) is 17.8 Å². The van der Waals surface area contributed by atoms with Gasteiger partial charge >= 0.3 is 6.36 Å². The third-order valence-electron chi connectivity index (χ3n) is 4.90. The lowest BCUT2D eigenvalue weighted by Crippen LogP contribution is -2.42. The second kappa shape index (κ2) is 12.0. The number of pyridine rings is 1. The maximum atomic E-state index is 13.5. The lowest BCUT2D eigenvalue weighted by Gasteiger charge is -2.29. The summed E-state index contributed by atoms with van der Waals surface area (Å²) in [6.07, 6.45) is 1.08. The van der Waals surface area contributed by atoms with Crippen LogP contribution in [0.2, 0.25) is 0 Å². The molecule has 34 heavy (non-hydrogen) atoms. The molecule has 0 saturated heterocycles. The van der Waals surface area contributed by atoms with Gasteiger partial charge in [0.2, 0.25) is 5.88 Å². The minimum absolute atomic E-state index is 0.0996. The number of alkyl halides is 3. The molecule has 6 nitrogen and oxygen atoms in total. The van der Waals surface area contributed by atoms with E-state index in [-0.39, 0.29) is 24.4 Å². The smallest absolute Gasteiger partial charge is 0.475 e. The SMILES string of the molecule is C=C/C=C\N=C(/C)c1c(C)cccc1C(=O)N(CC)[C@@H](C)COc1ccc(OC(F)(F)F)cn1. The first kappa shape index (κ1) is 26.6. The van der Waals surface area contributed by atoms with Crippen LogP contribution in [0, 0.1) is 6.92 Å². The van der Waals surface area contributed by atoms with Gasteiger partial charge in [-0.3, -0.25) is 9.79 Å². The first-order valence-electron chi connectivity index (χ1n) is 10.6. The molecule has 1 amide bonds. The molecule has 1 heterocycles. The van der Waals surface area contributed by atoms with Gasteiger partial charge in [-0.15, -0.1) is 13.2 Å². The van der Waals surface area contributed by atoms with Crippen molar-refractivity contribution in [1.82, 2.24) is 9.88 Å². The molecule has 0 radical (unpaired) electrons. The number of halogens is 3. The monoisotopic (exact) mass is 475 g/mol. The zero-order chi connectivity index (χ0) is 25.3. The van der Waals surface area contributed by atoms with Crippen LogP contribution in [-0.2, 0) is 0 Å². The van der Waals surface area contributed by atoms with E-state index in [1.807, 2.05) is 39.8 Å². The largest absolute Gasteiger partial charge is 0.573 e. The summed E-state index contributed by atoms with van der Waals surface area (Å²) in [7, 11) is 0. The van der Waals surface area contributed by atoms with E-state index in [9.17, 15) is 18.0 Å². The summed E-state index contributed by atoms with van der Waals surface area (Å²) in [5.74, 6) is -0.496. The summed E-state index contributed by atoms with van der Waals surface area (Å²) in [6.45, 7) is 11.6. The molecular formula is C25H28F3N3O3. The number of aromatic nitrogens is 1. The number of nitrogens with zero attached hydrogens (tertiary/aromatic N) is 3. The molecule has 2 aromatic rings. The van der Waals surface area contributed by atoms with Gasteiger partial charge in [0, 0.05) is 35.6 Å². The minimum atomic E-state index is -4.79. The van der Waals surface area contributed by atoms with Crippen molar-refractivity contribution < 1.29 is 27.4 Å². The Balaban J connectivity index is 2.16. The van der Waals surface area contributed by atoms with Gasteiger partial charge in [0.05, 0.1) is 12.2 Å². The number of ether oxygens (including phenoxy) is 2. The van der Waals surface area contributed by atoms with Crippen LogP contribution < -0.4 is 9.47 Å². The number of carbonyl (C=O) groups excluding carboxylic acids is 1. The van der Waals surface area contributed by atoms with Crippen molar-refractivity contribution in [2.24, 2.45) is 4.99 Å². The molecule has 0 aliphatic heterocycles. The molecule has 1 aromatic carbocycles. The number of hydrogen-bond acceptors (Lipinski definition) is 5. The van der Waals surface area contributed by atoms with E-state index in [1.165, 1.54) is 6.07 Å². The van der Waals surface area contributed by atoms with E-state index in [0.717, 1.165) is 23.4 Å². The fourth-order valence-electron chi connectivity index (χ4n) is 3.36. The molecule has 0 fully saturated rings. The Bertz CT molecular complexity index is 1050. The summed E-state index contributed by atoms with van der Waals surface area (Å²) in [4.78, 5) is 23.3. The zero-order valence-corrected chi connectivity index (χ0v) is 19.6. The minimum Gasteiger partial charge on any atom is -0.475 e. The Morgan fingerprint density at radius 2 is 2.03 bits per heavy atom. The van der Waals surface area contributed by atoms with Gasteiger partial charge in [-0.05, 0) is 51.5 Å². The number of amides is 1. The van der Waals surface area contributed by atoms with Crippen LogP contribution in [0.25, 0.3) is 0 Å². The molecule has 9 heteroatoms. The van der Waals surface area contributed by atoms with Crippen molar-refractivity contribution >= 4 is 11.6 Å². The fraction of sp³-hybridized carbons (Fsp3) is 0.320. The summed E-state index contributed by atoms with van der Waals surface area (Å²) in [5.41, 5.74) is 2.90. The summed E-state index contributed by atoms with van der Waals surface area (Å²) >= 11 is 0. The molecule has 1 aromatic heterocycles. The predicted octanol–water partition coefficient (Wildman–Crippen LogP) is 5.73. The zero-order valence-electron chi connectivity index (χ0n) is 19.6. The van der Waals surface area contributed by atoms with Crippen LogP contribution in [0.5, 0.6) is 11.6 Å². The molecule has 0 bridgehead atoms. The Morgan fingerprint density at radius 1 is 1.29 bits per heavy atom. The van der Waals surface area contributed by atoms with Crippen molar-refractivity contribution in [3.8, 4) is 11.6 Å². The molecule has 0 N–H and O–H groups in total.